The number of aliphatic hydroxyl groups excluding tert-OH is 1. The largest absolute Gasteiger partial charge is 0.396 e. The van der Waals surface area contributed by atoms with Crippen LogP contribution in [0.5, 0.6) is 0 Å². The Kier molecular flexibility index (Phi) is 7.20. The second-order valence-electron chi connectivity index (χ2n) is 7.58. The van der Waals surface area contributed by atoms with Crippen molar-refractivity contribution in [2.24, 2.45) is 11.8 Å². The summed E-state index contributed by atoms with van der Waals surface area (Å²) in [4.78, 5) is 17.4. The Bertz CT molecular complexity index is 765. The van der Waals surface area contributed by atoms with E-state index in [0.717, 1.165) is 29.8 Å². The van der Waals surface area contributed by atoms with Gasteiger partial charge in [-0.05, 0) is 30.2 Å². The predicted octanol–water partition coefficient (Wildman–Crippen LogP) is 2.61. The molecule has 3 rings (SSSR count). The molecule has 1 heterocycles. The average molecular weight is 383 g/mol. The van der Waals surface area contributed by atoms with Crippen molar-refractivity contribution in [2.75, 3.05) is 53.6 Å². The lowest BCUT2D eigenvalue weighted by molar-refractivity contribution is 0.0779. The van der Waals surface area contributed by atoms with Crippen LogP contribution in [0.3, 0.4) is 0 Å². The summed E-state index contributed by atoms with van der Waals surface area (Å²) in [5.41, 5.74) is 2.72. The first-order valence-corrected chi connectivity index (χ1v) is 9.86. The monoisotopic (exact) mass is 382 g/mol. The predicted molar refractivity (Wildman–Crippen MR) is 111 cm³/mol. The summed E-state index contributed by atoms with van der Waals surface area (Å²) in [6.45, 7) is 3.74. The van der Waals surface area contributed by atoms with Gasteiger partial charge in [0, 0.05) is 51.4 Å². The van der Waals surface area contributed by atoms with Gasteiger partial charge in [-0.15, -0.1) is 0 Å². The van der Waals surface area contributed by atoms with Crippen LogP contribution in [0.25, 0.3) is 11.1 Å². The Morgan fingerprint density at radius 3 is 2.50 bits per heavy atom. The van der Waals surface area contributed by atoms with Gasteiger partial charge in [0.1, 0.15) is 0 Å². The molecule has 1 saturated heterocycles. The van der Waals surface area contributed by atoms with Crippen LogP contribution in [-0.4, -0.2) is 74.4 Å². The number of benzene rings is 2. The normalized spacial score (nSPS) is 19.4. The van der Waals surface area contributed by atoms with Gasteiger partial charge in [-0.25, -0.2) is 0 Å². The van der Waals surface area contributed by atoms with Crippen molar-refractivity contribution in [1.82, 2.24) is 9.80 Å². The Morgan fingerprint density at radius 2 is 1.79 bits per heavy atom. The molecule has 0 unspecified atom stereocenters. The van der Waals surface area contributed by atoms with E-state index in [1.54, 1.807) is 7.11 Å². The van der Waals surface area contributed by atoms with Gasteiger partial charge >= 0.3 is 0 Å². The molecule has 0 aliphatic carbocycles. The van der Waals surface area contributed by atoms with Crippen LogP contribution in [0, 0.1) is 11.8 Å². The third-order valence-corrected chi connectivity index (χ3v) is 5.56. The highest BCUT2D eigenvalue weighted by Gasteiger charge is 2.36. The number of rotatable bonds is 8. The van der Waals surface area contributed by atoms with Gasteiger partial charge in [-0.1, -0.05) is 48.5 Å². The van der Waals surface area contributed by atoms with Crippen molar-refractivity contribution in [1.29, 1.82) is 0 Å². The van der Waals surface area contributed by atoms with Gasteiger partial charge in [0.2, 0.25) is 0 Å². The Labute approximate surface area is 167 Å². The van der Waals surface area contributed by atoms with Crippen LogP contribution in [0.4, 0.5) is 0 Å². The van der Waals surface area contributed by atoms with Crippen molar-refractivity contribution < 1.29 is 14.6 Å². The number of likely N-dealkylation sites (N-methyl/N-ethyl adjacent to an activating group) is 1. The molecular formula is C23H30N2O3. The molecule has 2 aromatic carbocycles. The number of hydrogen-bond donors (Lipinski definition) is 1. The lowest BCUT2D eigenvalue weighted by atomic mass is 9.96. The van der Waals surface area contributed by atoms with E-state index in [0.29, 0.717) is 19.7 Å². The molecule has 5 heteroatoms. The van der Waals surface area contributed by atoms with E-state index in [1.807, 2.05) is 59.5 Å². The minimum Gasteiger partial charge on any atom is -0.396 e. The topological polar surface area (TPSA) is 53.0 Å². The van der Waals surface area contributed by atoms with Gasteiger partial charge in [0.25, 0.3) is 5.91 Å². The van der Waals surface area contributed by atoms with Crippen LogP contribution < -0.4 is 0 Å². The molecule has 2 aromatic rings. The Hall–Kier alpha value is -2.21. The average Bonchev–Trinajstić information content (AvgIpc) is 3.15. The second kappa shape index (κ2) is 9.82. The molecule has 2 atom stereocenters. The number of amides is 1. The summed E-state index contributed by atoms with van der Waals surface area (Å²) >= 11 is 0. The van der Waals surface area contributed by atoms with E-state index in [2.05, 4.69) is 11.9 Å². The summed E-state index contributed by atoms with van der Waals surface area (Å²) < 4.78 is 5.15. The van der Waals surface area contributed by atoms with Gasteiger partial charge in [-0.2, -0.15) is 0 Å². The van der Waals surface area contributed by atoms with E-state index < -0.39 is 0 Å². The van der Waals surface area contributed by atoms with E-state index >= 15 is 0 Å². The highest BCUT2D eigenvalue weighted by molar-refractivity contribution is 6.01. The number of carbonyl (C=O) groups excluding carboxylic acids is 1. The molecular weight excluding hydrogens is 352 g/mol. The van der Waals surface area contributed by atoms with Crippen LogP contribution in [-0.2, 0) is 4.74 Å². The number of hydrogen-bond acceptors (Lipinski definition) is 4. The molecule has 28 heavy (non-hydrogen) atoms. The molecule has 0 saturated carbocycles. The van der Waals surface area contributed by atoms with Crippen LogP contribution in [0.15, 0.2) is 54.6 Å². The van der Waals surface area contributed by atoms with E-state index in [1.165, 1.54) is 0 Å². The minimum absolute atomic E-state index is 0.0416. The fourth-order valence-corrected chi connectivity index (χ4v) is 3.97. The van der Waals surface area contributed by atoms with Gasteiger partial charge in [-0.3, -0.25) is 4.79 Å². The number of nitrogens with zero attached hydrogens (tertiary/aromatic N) is 2. The maximum atomic E-state index is 13.3. The molecule has 5 nitrogen and oxygen atoms in total. The molecule has 150 valence electrons. The van der Waals surface area contributed by atoms with Gasteiger partial charge < -0.3 is 19.6 Å². The van der Waals surface area contributed by atoms with Crippen LogP contribution in [0.2, 0.25) is 0 Å². The first kappa shape index (κ1) is 20.5. The van der Waals surface area contributed by atoms with Crippen molar-refractivity contribution in [2.45, 2.75) is 0 Å². The number of aliphatic hydroxyl groups is 1. The quantitative estimate of drug-likeness (QED) is 0.763. The van der Waals surface area contributed by atoms with Crippen LogP contribution >= 0.6 is 0 Å². The minimum atomic E-state index is 0.0416. The van der Waals surface area contributed by atoms with E-state index in [9.17, 15) is 9.90 Å². The molecule has 0 radical (unpaired) electrons. The molecule has 1 aliphatic heterocycles. The molecule has 1 fully saturated rings. The Balaban J connectivity index is 1.75. The van der Waals surface area contributed by atoms with Gasteiger partial charge in [0.05, 0.1) is 6.61 Å². The highest BCUT2D eigenvalue weighted by atomic mass is 16.5. The second-order valence-corrected chi connectivity index (χ2v) is 7.58. The summed E-state index contributed by atoms with van der Waals surface area (Å²) in [6, 6.07) is 17.8. The molecule has 0 bridgehead atoms. The summed E-state index contributed by atoms with van der Waals surface area (Å²) in [7, 11) is 3.76. The first-order chi connectivity index (χ1) is 13.6. The SMILES string of the molecule is COCCN(C)C[C@@H]1CN(C(=O)c2ccccc2-c2ccccc2)C[C@@H]1CO. The summed E-state index contributed by atoms with van der Waals surface area (Å²) in [5, 5.41) is 9.85. The molecule has 1 N–H and O–H groups in total. The van der Waals surface area contributed by atoms with E-state index in [-0.39, 0.29) is 24.3 Å². The lowest BCUT2D eigenvalue weighted by Gasteiger charge is -2.23. The van der Waals surface area contributed by atoms with Crippen molar-refractivity contribution in [3.05, 3.63) is 60.2 Å². The smallest absolute Gasteiger partial charge is 0.254 e. The maximum Gasteiger partial charge on any atom is 0.254 e. The van der Waals surface area contributed by atoms with Gasteiger partial charge in [0.15, 0.2) is 0 Å². The molecule has 0 spiro atoms. The number of methoxy groups -OCH3 is 1. The highest BCUT2D eigenvalue weighted by Crippen LogP contribution is 2.29. The molecule has 1 aliphatic rings. The number of ether oxygens (including phenoxy) is 1. The molecule has 1 amide bonds. The third kappa shape index (κ3) is 4.79. The van der Waals surface area contributed by atoms with Crippen molar-refractivity contribution in [3.8, 4) is 11.1 Å². The van der Waals surface area contributed by atoms with Crippen molar-refractivity contribution in [3.63, 3.8) is 0 Å². The zero-order valence-electron chi connectivity index (χ0n) is 16.8. The maximum absolute atomic E-state index is 13.3. The summed E-state index contributed by atoms with van der Waals surface area (Å²) in [5.74, 6) is 0.414. The Morgan fingerprint density at radius 1 is 1.11 bits per heavy atom. The third-order valence-electron chi connectivity index (χ3n) is 5.56. The zero-order valence-corrected chi connectivity index (χ0v) is 16.8. The number of carbonyl (C=O) groups is 1. The lowest BCUT2D eigenvalue weighted by Crippen LogP contribution is -2.33. The standard InChI is InChI=1S/C23H30N2O3/c1-24(12-13-28-2)14-19-15-25(16-20(19)17-26)23(27)22-11-7-6-10-21(22)18-8-4-3-5-9-18/h3-11,19-20,26H,12-17H2,1-2H3/t19-,20-/m1/s1. The van der Waals surface area contributed by atoms with Crippen LogP contribution in [0.1, 0.15) is 10.4 Å². The number of likely N-dealkylation sites (tertiary alicyclic amines) is 1. The van der Waals surface area contributed by atoms with E-state index in [4.69, 9.17) is 4.74 Å². The summed E-state index contributed by atoms with van der Waals surface area (Å²) in [6.07, 6.45) is 0. The fourth-order valence-electron chi connectivity index (χ4n) is 3.97. The first-order valence-electron chi connectivity index (χ1n) is 9.86. The van der Waals surface area contributed by atoms with Crippen molar-refractivity contribution >= 4 is 5.91 Å². The fraction of sp³-hybridized carbons (Fsp3) is 0.435. The molecule has 0 aromatic heterocycles. The zero-order chi connectivity index (χ0) is 19.9.